The lowest BCUT2D eigenvalue weighted by Gasteiger charge is -2.08. The Morgan fingerprint density at radius 1 is 1.22 bits per heavy atom. The Kier molecular flexibility index (Phi) is 7.75. The molecule has 1 aromatic heterocycles. The van der Waals surface area contributed by atoms with Gasteiger partial charge in [-0.3, -0.25) is 4.79 Å². The van der Waals surface area contributed by atoms with Gasteiger partial charge >= 0.3 is 0 Å². The minimum Gasteiger partial charge on any atom is -0.436 e. The molecule has 0 saturated carbocycles. The van der Waals surface area contributed by atoms with Gasteiger partial charge in [-0.25, -0.2) is 4.98 Å². The lowest BCUT2D eigenvalue weighted by atomic mass is 10.1. The first-order valence-electron chi connectivity index (χ1n) is 6.77. The summed E-state index contributed by atoms with van der Waals surface area (Å²) in [6.07, 6.45) is 0. The smallest absolute Gasteiger partial charge is 0.229 e. The number of allylic oxidation sites excluding steroid dienone is 1. The second-order valence-corrected chi connectivity index (χ2v) is 5.44. The predicted molar refractivity (Wildman–Crippen MR) is 94.5 cm³/mol. The lowest BCUT2D eigenvalue weighted by Crippen LogP contribution is -2.09. The Bertz CT molecular complexity index is 703. The molecule has 0 unspecified atom stereocenters. The van der Waals surface area contributed by atoms with Gasteiger partial charge in [-0.2, -0.15) is 0 Å². The Morgan fingerprint density at radius 2 is 1.87 bits per heavy atom. The number of ketones is 1. The molecule has 2 aromatic rings. The molecule has 122 valence electrons. The summed E-state index contributed by atoms with van der Waals surface area (Å²) in [7, 11) is 3.75. The largest absolute Gasteiger partial charge is 0.436 e. The molecule has 0 aliphatic rings. The van der Waals surface area contributed by atoms with E-state index < -0.39 is 5.78 Å². The molecule has 6 heteroatoms. The average Bonchev–Trinajstić information content (AvgIpc) is 2.47. The average molecular weight is 353 g/mol. The number of aromatic nitrogens is 1. The molecule has 0 fully saturated rings. The summed E-state index contributed by atoms with van der Waals surface area (Å²) in [5.74, 6) is -0.143. The van der Waals surface area contributed by atoms with Crippen LogP contribution in [-0.4, -0.2) is 24.9 Å². The highest BCUT2D eigenvalue weighted by atomic mass is 35.5. The third kappa shape index (κ3) is 6.02. The number of nitrogens with one attached hydrogen (secondary N) is 1. The molecule has 2 rings (SSSR count). The summed E-state index contributed by atoms with van der Waals surface area (Å²) in [5.41, 5.74) is 1.07. The van der Waals surface area contributed by atoms with Crippen molar-refractivity contribution in [1.82, 2.24) is 10.3 Å². The van der Waals surface area contributed by atoms with E-state index in [0.717, 1.165) is 5.69 Å². The fourth-order valence-corrected chi connectivity index (χ4v) is 2.07. The van der Waals surface area contributed by atoms with E-state index in [4.69, 9.17) is 27.9 Å². The normalized spacial score (nSPS) is 9.61. The van der Waals surface area contributed by atoms with E-state index in [1.807, 2.05) is 27.1 Å². The maximum atomic E-state index is 12.2. The highest BCUT2D eigenvalue weighted by molar-refractivity contribution is 6.37. The van der Waals surface area contributed by atoms with E-state index in [9.17, 15) is 4.79 Å². The van der Waals surface area contributed by atoms with Gasteiger partial charge in [-0.1, -0.05) is 35.8 Å². The van der Waals surface area contributed by atoms with Gasteiger partial charge in [0.1, 0.15) is 0 Å². The van der Waals surface area contributed by atoms with Gasteiger partial charge in [-0.05, 0) is 45.3 Å². The Balaban J connectivity index is 0.000000816. The minimum atomic E-state index is -0.407. The van der Waals surface area contributed by atoms with Gasteiger partial charge in [0, 0.05) is 22.3 Å². The zero-order chi connectivity index (χ0) is 17.4. The van der Waals surface area contributed by atoms with Crippen LogP contribution in [-0.2, 0) is 0 Å². The number of Topliss-reactive ketones (excluding diaryl/α,β-unsaturated/α-hetero) is 1. The van der Waals surface area contributed by atoms with Crippen molar-refractivity contribution in [3.05, 3.63) is 70.0 Å². The second kappa shape index (κ2) is 9.30. The number of carbonyl (C=O) groups excluding carboxylic acids is 1. The van der Waals surface area contributed by atoms with Crippen LogP contribution in [0.1, 0.15) is 16.1 Å². The van der Waals surface area contributed by atoms with Crippen molar-refractivity contribution in [2.75, 3.05) is 14.1 Å². The fourth-order valence-electron chi connectivity index (χ4n) is 1.57. The van der Waals surface area contributed by atoms with Gasteiger partial charge in [0.2, 0.25) is 11.7 Å². The van der Waals surface area contributed by atoms with E-state index >= 15 is 0 Å². The van der Waals surface area contributed by atoms with Crippen LogP contribution in [0.4, 0.5) is 0 Å². The quantitative estimate of drug-likeness (QED) is 0.506. The third-order valence-electron chi connectivity index (χ3n) is 2.52. The van der Waals surface area contributed by atoms with Crippen molar-refractivity contribution in [1.29, 1.82) is 0 Å². The second-order valence-electron chi connectivity index (χ2n) is 4.60. The van der Waals surface area contributed by atoms with Gasteiger partial charge in [0.05, 0.1) is 5.02 Å². The van der Waals surface area contributed by atoms with Gasteiger partial charge in [0.15, 0.2) is 5.76 Å². The molecule has 1 aromatic carbocycles. The van der Waals surface area contributed by atoms with E-state index in [1.165, 1.54) is 12.1 Å². The summed E-state index contributed by atoms with van der Waals surface area (Å²) in [6, 6.07) is 9.87. The van der Waals surface area contributed by atoms with Crippen LogP contribution < -0.4 is 10.1 Å². The number of nitrogens with zero attached hydrogens (tertiary/aromatic N) is 1. The maximum absolute atomic E-state index is 12.2. The van der Waals surface area contributed by atoms with Crippen molar-refractivity contribution in [3.8, 4) is 5.88 Å². The van der Waals surface area contributed by atoms with Crippen LogP contribution in [0.3, 0.4) is 0 Å². The molecule has 0 radical (unpaired) electrons. The van der Waals surface area contributed by atoms with Gasteiger partial charge in [0.25, 0.3) is 0 Å². The highest BCUT2D eigenvalue weighted by Gasteiger charge is 2.16. The minimum absolute atomic E-state index is 0.0488. The Hall–Kier alpha value is -1.88. The molecule has 1 heterocycles. The lowest BCUT2D eigenvalue weighted by molar-refractivity contribution is 0.0985. The van der Waals surface area contributed by atoms with Crippen molar-refractivity contribution in [3.63, 3.8) is 0 Å². The number of halogens is 2. The van der Waals surface area contributed by atoms with E-state index in [0.29, 0.717) is 10.9 Å². The van der Waals surface area contributed by atoms with Crippen LogP contribution in [0, 0.1) is 6.92 Å². The molecule has 23 heavy (non-hydrogen) atoms. The molecular weight excluding hydrogens is 335 g/mol. The first kappa shape index (κ1) is 19.2. The number of carbonyl (C=O) groups is 1. The molecule has 0 spiro atoms. The monoisotopic (exact) mass is 352 g/mol. The first-order valence-corrected chi connectivity index (χ1v) is 7.53. The van der Waals surface area contributed by atoms with Crippen LogP contribution >= 0.6 is 23.2 Å². The molecular formula is C17H18Cl2N2O2. The van der Waals surface area contributed by atoms with Crippen molar-refractivity contribution in [2.24, 2.45) is 0 Å². The van der Waals surface area contributed by atoms with Gasteiger partial charge in [-0.15, -0.1) is 0 Å². The number of ether oxygens (including phenoxy) is 1. The zero-order valence-electron chi connectivity index (χ0n) is 13.2. The number of hydrogen-bond donors (Lipinski definition) is 1. The van der Waals surface area contributed by atoms with E-state index in [-0.39, 0.29) is 16.3 Å². The molecule has 0 bridgehead atoms. The van der Waals surface area contributed by atoms with Crippen molar-refractivity contribution < 1.29 is 9.53 Å². The first-order chi connectivity index (χ1) is 10.9. The number of pyridine rings is 1. The third-order valence-corrected chi connectivity index (χ3v) is 3.07. The molecule has 0 aliphatic heterocycles. The number of aryl methyl sites for hydroxylation is 1. The maximum Gasteiger partial charge on any atom is 0.229 e. The summed E-state index contributed by atoms with van der Waals surface area (Å²) >= 11 is 11.8. The zero-order valence-corrected chi connectivity index (χ0v) is 14.7. The van der Waals surface area contributed by atoms with E-state index in [2.05, 4.69) is 16.9 Å². The van der Waals surface area contributed by atoms with Crippen LogP contribution in [0.15, 0.2) is 48.7 Å². The van der Waals surface area contributed by atoms with Crippen molar-refractivity contribution >= 4 is 29.0 Å². The summed E-state index contributed by atoms with van der Waals surface area (Å²) in [4.78, 5) is 16.3. The predicted octanol–water partition coefficient (Wildman–Crippen LogP) is 4.31. The van der Waals surface area contributed by atoms with Crippen molar-refractivity contribution in [2.45, 2.75) is 6.92 Å². The van der Waals surface area contributed by atoms with Gasteiger partial charge < -0.3 is 10.1 Å². The molecule has 0 aliphatic carbocycles. The molecule has 0 saturated heterocycles. The topological polar surface area (TPSA) is 51.2 Å². The Morgan fingerprint density at radius 3 is 2.43 bits per heavy atom. The SMILES string of the molecule is C=C(Oc1cccc(C)n1)C(=O)c1ccc(Cl)cc1Cl.CNC. The Labute approximate surface area is 146 Å². The molecule has 1 N–H and O–H groups in total. The van der Waals surface area contributed by atoms with Crippen LogP contribution in [0.2, 0.25) is 10.0 Å². The summed E-state index contributed by atoms with van der Waals surface area (Å²) in [6.45, 7) is 5.44. The standard InChI is InChI=1S/C15H11Cl2NO2.C2H7N/c1-9-4-3-5-14(18-9)20-10(2)15(19)12-7-6-11(16)8-13(12)17;1-3-2/h3-8H,2H2,1H3;3H,1-2H3. The highest BCUT2D eigenvalue weighted by Crippen LogP contribution is 2.23. The molecule has 0 amide bonds. The van der Waals surface area contributed by atoms with E-state index in [1.54, 1.807) is 18.2 Å². The number of benzene rings is 1. The summed E-state index contributed by atoms with van der Waals surface area (Å²) in [5, 5.41) is 3.46. The number of rotatable bonds is 4. The van der Waals surface area contributed by atoms with Crippen LogP contribution in [0.25, 0.3) is 0 Å². The van der Waals surface area contributed by atoms with Crippen LogP contribution in [0.5, 0.6) is 5.88 Å². The fraction of sp³-hybridized carbons (Fsp3) is 0.176. The molecule has 0 atom stereocenters. The summed E-state index contributed by atoms with van der Waals surface area (Å²) < 4.78 is 5.35. The number of hydrogen-bond acceptors (Lipinski definition) is 4. The molecule has 4 nitrogen and oxygen atoms in total.